The summed E-state index contributed by atoms with van der Waals surface area (Å²) in [5.74, 6) is -0.386. The Bertz CT molecular complexity index is 442. The standard InChI is InChI=1S/C10H8FNO/c11-10-2-1-7-3-4-12-5-8(7)9(10)6-13/h1-5,13H,6H2. The summed E-state index contributed by atoms with van der Waals surface area (Å²) in [5, 5.41) is 10.5. The highest BCUT2D eigenvalue weighted by molar-refractivity contribution is 5.84. The van der Waals surface area contributed by atoms with Crippen LogP contribution in [-0.2, 0) is 6.61 Å². The number of pyridine rings is 1. The summed E-state index contributed by atoms with van der Waals surface area (Å²) in [6.45, 7) is -0.297. The van der Waals surface area contributed by atoms with E-state index in [1.165, 1.54) is 6.07 Å². The van der Waals surface area contributed by atoms with Crippen LogP contribution in [0.5, 0.6) is 0 Å². The van der Waals surface area contributed by atoms with Crippen LogP contribution in [0.1, 0.15) is 5.56 Å². The topological polar surface area (TPSA) is 33.1 Å². The molecule has 0 atom stereocenters. The smallest absolute Gasteiger partial charge is 0.129 e. The first kappa shape index (κ1) is 8.13. The normalized spacial score (nSPS) is 10.6. The summed E-state index contributed by atoms with van der Waals surface area (Å²) < 4.78 is 13.1. The zero-order valence-electron chi connectivity index (χ0n) is 6.87. The fourth-order valence-electron chi connectivity index (χ4n) is 1.36. The van der Waals surface area contributed by atoms with Crippen LogP contribution in [0.4, 0.5) is 4.39 Å². The molecule has 0 amide bonds. The van der Waals surface area contributed by atoms with Gasteiger partial charge in [-0.2, -0.15) is 0 Å². The van der Waals surface area contributed by atoms with Crippen molar-refractivity contribution in [2.75, 3.05) is 0 Å². The third-order valence-corrected chi connectivity index (χ3v) is 2.04. The molecule has 0 bridgehead atoms. The number of benzene rings is 1. The molecule has 0 aliphatic carbocycles. The zero-order valence-corrected chi connectivity index (χ0v) is 6.87. The Balaban J connectivity index is 2.84. The number of hydrogen-bond acceptors (Lipinski definition) is 2. The molecule has 0 radical (unpaired) electrons. The Kier molecular flexibility index (Phi) is 1.94. The number of rotatable bonds is 1. The number of nitrogens with zero attached hydrogens (tertiary/aromatic N) is 1. The average molecular weight is 177 g/mol. The summed E-state index contributed by atoms with van der Waals surface area (Å²) in [5.41, 5.74) is 0.311. The van der Waals surface area contributed by atoms with E-state index in [0.29, 0.717) is 10.9 Å². The van der Waals surface area contributed by atoms with Gasteiger partial charge in [-0.1, -0.05) is 6.07 Å². The third kappa shape index (κ3) is 1.27. The van der Waals surface area contributed by atoms with E-state index in [-0.39, 0.29) is 12.4 Å². The Morgan fingerprint density at radius 2 is 2.15 bits per heavy atom. The second-order valence-corrected chi connectivity index (χ2v) is 2.78. The van der Waals surface area contributed by atoms with Crippen LogP contribution < -0.4 is 0 Å². The van der Waals surface area contributed by atoms with Crippen molar-refractivity contribution < 1.29 is 9.50 Å². The molecule has 13 heavy (non-hydrogen) atoms. The van der Waals surface area contributed by atoms with Gasteiger partial charge in [-0.05, 0) is 17.5 Å². The van der Waals surface area contributed by atoms with Gasteiger partial charge in [0.2, 0.25) is 0 Å². The van der Waals surface area contributed by atoms with Gasteiger partial charge in [0.05, 0.1) is 6.61 Å². The Labute approximate surface area is 74.7 Å². The second kappa shape index (κ2) is 3.11. The van der Waals surface area contributed by atoms with Crippen molar-refractivity contribution in [1.29, 1.82) is 0 Å². The number of aromatic nitrogens is 1. The van der Waals surface area contributed by atoms with Crippen molar-refractivity contribution in [3.05, 3.63) is 42.0 Å². The maximum atomic E-state index is 13.1. The summed E-state index contributed by atoms with van der Waals surface area (Å²) in [4.78, 5) is 3.88. The Morgan fingerprint density at radius 1 is 1.31 bits per heavy atom. The van der Waals surface area contributed by atoms with E-state index in [1.807, 2.05) is 0 Å². The molecule has 0 aliphatic heterocycles. The van der Waals surface area contributed by atoms with Gasteiger partial charge in [0.15, 0.2) is 0 Å². The minimum absolute atomic E-state index is 0.297. The molecule has 0 spiro atoms. The van der Waals surface area contributed by atoms with Crippen LogP contribution >= 0.6 is 0 Å². The van der Waals surface area contributed by atoms with Gasteiger partial charge in [0.25, 0.3) is 0 Å². The highest BCUT2D eigenvalue weighted by atomic mass is 19.1. The van der Waals surface area contributed by atoms with Crippen LogP contribution in [-0.4, -0.2) is 10.1 Å². The van der Waals surface area contributed by atoms with E-state index in [4.69, 9.17) is 5.11 Å². The fraction of sp³-hybridized carbons (Fsp3) is 0.100. The zero-order chi connectivity index (χ0) is 9.26. The molecule has 0 aliphatic rings. The van der Waals surface area contributed by atoms with Crippen molar-refractivity contribution in [1.82, 2.24) is 4.98 Å². The lowest BCUT2D eigenvalue weighted by Gasteiger charge is -2.03. The highest BCUT2D eigenvalue weighted by Crippen LogP contribution is 2.20. The molecular formula is C10H8FNO. The summed E-state index contributed by atoms with van der Waals surface area (Å²) in [6.07, 6.45) is 3.20. The van der Waals surface area contributed by atoms with E-state index in [1.54, 1.807) is 24.5 Å². The molecule has 1 N–H and O–H groups in total. The molecule has 1 heterocycles. The molecule has 1 aromatic heterocycles. The SMILES string of the molecule is OCc1c(F)ccc2ccncc12. The maximum Gasteiger partial charge on any atom is 0.129 e. The van der Waals surface area contributed by atoms with Crippen LogP contribution in [0.15, 0.2) is 30.6 Å². The summed E-state index contributed by atoms with van der Waals surface area (Å²) in [6, 6.07) is 4.81. The fourth-order valence-corrected chi connectivity index (χ4v) is 1.36. The third-order valence-electron chi connectivity index (χ3n) is 2.04. The van der Waals surface area contributed by atoms with Gasteiger partial charge in [-0.15, -0.1) is 0 Å². The van der Waals surface area contributed by atoms with Crippen LogP contribution in [0, 0.1) is 5.82 Å². The number of hydrogen-bond donors (Lipinski definition) is 1. The van der Waals surface area contributed by atoms with Crippen molar-refractivity contribution in [2.45, 2.75) is 6.61 Å². The largest absolute Gasteiger partial charge is 0.392 e. The average Bonchev–Trinajstić information content (AvgIpc) is 2.18. The number of aliphatic hydroxyl groups is 1. The monoisotopic (exact) mass is 177 g/mol. The number of aliphatic hydroxyl groups excluding tert-OH is 1. The minimum Gasteiger partial charge on any atom is -0.392 e. The van der Waals surface area contributed by atoms with Gasteiger partial charge in [0.1, 0.15) is 5.82 Å². The van der Waals surface area contributed by atoms with Gasteiger partial charge in [-0.3, -0.25) is 4.98 Å². The van der Waals surface area contributed by atoms with Gasteiger partial charge < -0.3 is 5.11 Å². The Morgan fingerprint density at radius 3 is 2.92 bits per heavy atom. The molecule has 2 aromatic rings. The lowest BCUT2D eigenvalue weighted by Crippen LogP contribution is -1.91. The molecular weight excluding hydrogens is 169 g/mol. The summed E-state index contributed by atoms with van der Waals surface area (Å²) in [7, 11) is 0. The first-order valence-corrected chi connectivity index (χ1v) is 3.95. The van der Waals surface area contributed by atoms with Gasteiger partial charge >= 0.3 is 0 Å². The van der Waals surface area contributed by atoms with Gasteiger partial charge in [-0.25, -0.2) is 4.39 Å². The molecule has 2 nitrogen and oxygen atoms in total. The van der Waals surface area contributed by atoms with Crippen LogP contribution in [0.25, 0.3) is 10.8 Å². The van der Waals surface area contributed by atoms with E-state index >= 15 is 0 Å². The minimum atomic E-state index is -0.386. The van der Waals surface area contributed by atoms with Crippen molar-refractivity contribution in [3.63, 3.8) is 0 Å². The quantitative estimate of drug-likeness (QED) is 0.721. The van der Waals surface area contributed by atoms with Crippen LogP contribution in [0.2, 0.25) is 0 Å². The molecule has 2 rings (SSSR count). The number of halogens is 1. The first-order valence-electron chi connectivity index (χ1n) is 3.95. The lowest BCUT2D eigenvalue weighted by molar-refractivity contribution is 0.277. The van der Waals surface area contributed by atoms with Crippen molar-refractivity contribution >= 4 is 10.8 Å². The lowest BCUT2D eigenvalue weighted by atomic mass is 10.1. The molecule has 0 fully saturated rings. The van der Waals surface area contributed by atoms with E-state index in [9.17, 15) is 4.39 Å². The molecule has 0 saturated heterocycles. The molecule has 66 valence electrons. The van der Waals surface area contributed by atoms with E-state index in [2.05, 4.69) is 4.98 Å². The van der Waals surface area contributed by atoms with E-state index in [0.717, 1.165) is 5.39 Å². The van der Waals surface area contributed by atoms with E-state index < -0.39 is 0 Å². The number of fused-ring (bicyclic) bond motifs is 1. The maximum absolute atomic E-state index is 13.1. The molecule has 1 aromatic carbocycles. The first-order chi connectivity index (χ1) is 6.33. The molecule has 3 heteroatoms. The van der Waals surface area contributed by atoms with Crippen molar-refractivity contribution in [2.24, 2.45) is 0 Å². The predicted octanol–water partition coefficient (Wildman–Crippen LogP) is 1.87. The molecule has 0 saturated carbocycles. The van der Waals surface area contributed by atoms with Gasteiger partial charge in [0, 0.05) is 23.3 Å². The Hall–Kier alpha value is -1.48. The molecule has 0 unspecified atom stereocenters. The second-order valence-electron chi connectivity index (χ2n) is 2.78. The summed E-state index contributed by atoms with van der Waals surface area (Å²) >= 11 is 0. The highest BCUT2D eigenvalue weighted by Gasteiger charge is 2.05. The predicted molar refractivity (Wildman–Crippen MR) is 47.6 cm³/mol. The van der Waals surface area contributed by atoms with Crippen molar-refractivity contribution in [3.8, 4) is 0 Å². The van der Waals surface area contributed by atoms with Crippen LogP contribution in [0.3, 0.4) is 0 Å².